The van der Waals surface area contributed by atoms with Crippen LogP contribution in [0.1, 0.15) is 30.9 Å². The van der Waals surface area contributed by atoms with Crippen molar-refractivity contribution >= 4 is 15.9 Å². The van der Waals surface area contributed by atoms with E-state index in [1.807, 2.05) is 0 Å². The largest absolute Gasteiger partial charge is 0.486 e. The Morgan fingerprint density at radius 2 is 2.00 bits per heavy atom. The number of benzene rings is 1. The highest BCUT2D eigenvalue weighted by Gasteiger charge is 2.49. The standard InChI is InChI=1S/C14H18BrNO2/c1-8-10(14(3-4-14)9(2)16)7-11-13(12(8)15)18-6-5-17-11/h7,9H,3-6,16H2,1-2H3. The Morgan fingerprint density at radius 1 is 1.33 bits per heavy atom. The molecule has 1 aromatic rings. The molecule has 1 fully saturated rings. The first-order valence-electron chi connectivity index (χ1n) is 6.41. The van der Waals surface area contributed by atoms with Crippen LogP contribution in [0.15, 0.2) is 10.5 Å². The van der Waals surface area contributed by atoms with Crippen molar-refractivity contribution < 1.29 is 9.47 Å². The average molecular weight is 312 g/mol. The fourth-order valence-electron chi connectivity index (χ4n) is 2.86. The molecule has 1 atom stereocenters. The number of rotatable bonds is 2. The van der Waals surface area contributed by atoms with Crippen molar-refractivity contribution in [2.75, 3.05) is 13.2 Å². The first-order chi connectivity index (χ1) is 8.56. The van der Waals surface area contributed by atoms with Crippen molar-refractivity contribution in [2.24, 2.45) is 5.73 Å². The van der Waals surface area contributed by atoms with Crippen molar-refractivity contribution in [3.8, 4) is 11.5 Å². The molecule has 1 heterocycles. The average Bonchev–Trinajstić information content (AvgIpc) is 3.15. The summed E-state index contributed by atoms with van der Waals surface area (Å²) in [6, 6.07) is 2.30. The normalized spacial score (nSPS) is 21.6. The van der Waals surface area contributed by atoms with Crippen LogP contribution in [0.3, 0.4) is 0 Å². The molecule has 1 aromatic carbocycles. The second-order valence-corrected chi connectivity index (χ2v) is 6.13. The number of hydrogen-bond acceptors (Lipinski definition) is 3. The van der Waals surface area contributed by atoms with Crippen molar-refractivity contribution in [2.45, 2.75) is 38.1 Å². The van der Waals surface area contributed by atoms with Crippen LogP contribution in [0.25, 0.3) is 0 Å². The highest BCUT2D eigenvalue weighted by atomic mass is 79.9. The minimum Gasteiger partial charge on any atom is -0.486 e. The van der Waals surface area contributed by atoms with E-state index < -0.39 is 0 Å². The SMILES string of the molecule is Cc1c(C2(C(C)N)CC2)cc2c(c1Br)OCCO2. The van der Waals surface area contributed by atoms with Gasteiger partial charge in [-0.25, -0.2) is 0 Å². The summed E-state index contributed by atoms with van der Waals surface area (Å²) in [6.45, 7) is 5.45. The van der Waals surface area contributed by atoms with Crippen molar-refractivity contribution in [3.63, 3.8) is 0 Å². The molecule has 3 nitrogen and oxygen atoms in total. The van der Waals surface area contributed by atoms with Crippen molar-refractivity contribution in [3.05, 3.63) is 21.7 Å². The molecule has 0 saturated heterocycles. The van der Waals surface area contributed by atoms with Crippen LogP contribution in [0, 0.1) is 6.92 Å². The van der Waals surface area contributed by atoms with Crippen LogP contribution in [0.5, 0.6) is 11.5 Å². The predicted molar refractivity (Wildman–Crippen MR) is 74.4 cm³/mol. The van der Waals surface area contributed by atoms with Gasteiger partial charge in [-0.2, -0.15) is 0 Å². The molecular weight excluding hydrogens is 294 g/mol. The number of hydrogen-bond donors (Lipinski definition) is 1. The molecule has 1 saturated carbocycles. The fourth-order valence-corrected chi connectivity index (χ4v) is 3.38. The van der Waals surface area contributed by atoms with Gasteiger partial charge in [0.25, 0.3) is 0 Å². The van der Waals surface area contributed by atoms with E-state index in [4.69, 9.17) is 15.2 Å². The number of ether oxygens (including phenoxy) is 2. The summed E-state index contributed by atoms with van der Waals surface area (Å²) in [6.07, 6.45) is 2.33. The van der Waals surface area contributed by atoms with E-state index in [9.17, 15) is 0 Å². The minimum atomic E-state index is 0.141. The second kappa shape index (κ2) is 4.14. The molecular formula is C14H18BrNO2. The lowest BCUT2D eigenvalue weighted by Gasteiger charge is -2.27. The van der Waals surface area contributed by atoms with E-state index in [1.165, 1.54) is 11.1 Å². The summed E-state index contributed by atoms with van der Waals surface area (Å²) < 4.78 is 12.4. The van der Waals surface area contributed by atoms with E-state index >= 15 is 0 Å². The second-order valence-electron chi connectivity index (χ2n) is 5.33. The van der Waals surface area contributed by atoms with Gasteiger partial charge in [-0.15, -0.1) is 0 Å². The summed E-state index contributed by atoms with van der Waals surface area (Å²) in [4.78, 5) is 0. The zero-order valence-electron chi connectivity index (χ0n) is 10.8. The third kappa shape index (κ3) is 1.66. The lowest BCUT2D eigenvalue weighted by Crippen LogP contribution is -2.32. The van der Waals surface area contributed by atoms with Crippen LogP contribution in [-0.2, 0) is 5.41 Å². The monoisotopic (exact) mass is 311 g/mol. The van der Waals surface area contributed by atoms with Gasteiger partial charge in [0.1, 0.15) is 13.2 Å². The molecule has 1 aliphatic carbocycles. The molecule has 4 heteroatoms. The van der Waals surface area contributed by atoms with Crippen LogP contribution in [0.2, 0.25) is 0 Å². The maximum atomic E-state index is 6.17. The van der Waals surface area contributed by atoms with Gasteiger partial charge in [0, 0.05) is 11.5 Å². The quantitative estimate of drug-likeness (QED) is 0.913. The zero-order chi connectivity index (χ0) is 12.9. The molecule has 0 radical (unpaired) electrons. The summed E-state index contributed by atoms with van der Waals surface area (Å²) in [5.74, 6) is 1.68. The van der Waals surface area contributed by atoms with Gasteiger partial charge in [0.15, 0.2) is 11.5 Å². The molecule has 1 unspecified atom stereocenters. The molecule has 0 amide bonds. The van der Waals surface area contributed by atoms with Crippen LogP contribution in [-0.4, -0.2) is 19.3 Å². The maximum absolute atomic E-state index is 6.17. The Morgan fingerprint density at radius 3 is 2.61 bits per heavy atom. The van der Waals surface area contributed by atoms with E-state index in [2.05, 4.69) is 35.8 Å². The van der Waals surface area contributed by atoms with Crippen LogP contribution >= 0.6 is 15.9 Å². The number of fused-ring (bicyclic) bond motifs is 1. The lowest BCUT2D eigenvalue weighted by molar-refractivity contribution is 0.170. The Kier molecular flexibility index (Phi) is 2.83. The number of halogens is 1. The highest BCUT2D eigenvalue weighted by Crippen LogP contribution is 2.55. The zero-order valence-corrected chi connectivity index (χ0v) is 12.3. The van der Waals surface area contributed by atoms with Crippen molar-refractivity contribution in [1.29, 1.82) is 0 Å². The van der Waals surface area contributed by atoms with Gasteiger partial charge in [0.05, 0.1) is 4.47 Å². The molecule has 1 aliphatic heterocycles. The molecule has 3 rings (SSSR count). The smallest absolute Gasteiger partial charge is 0.175 e. The number of nitrogens with two attached hydrogens (primary N) is 1. The van der Waals surface area contributed by atoms with E-state index in [0.717, 1.165) is 28.8 Å². The Labute approximate surface area is 116 Å². The van der Waals surface area contributed by atoms with E-state index in [-0.39, 0.29) is 11.5 Å². The minimum absolute atomic E-state index is 0.141. The maximum Gasteiger partial charge on any atom is 0.175 e. The summed E-state index contributed by atoms with van der Waals surface area (Å²) in [5.41, 5.74) is 8.86. The Hall–Kier alpha value is -0.740. The van der Waals surface area contributed by atoms with Crippen LogP contribution in [0.4, 0.5) is 0 Å². The molecule has 2 aliphatic rings. The van der Waals surface area contributed by atoms with Gasteiger partial charge in [-0.3, -0.25) is 0 Å². The van der Waals surface area contributed by atoms with Gasteiger partial charge < -0.3 is 15.2 Å². The van der Waals surface area contributed by atoms with Crippen molar-refractivity contribution in [1.82, 2.24) is 0 Å². The molecule has 98 valence electrons. The van der Waals surface area contributed by atoms with Gasteiger partial charge in [-0.1, -0.05) is 0 Å². The third-order valence-electron chi connectivity index (χ3n) is 4.22. The lowest BCUT2D eigenvalue weighted by atomic mass is 9.86. The molecule has 0 spiro atoms. The molecule has 18 heavy (non-hydrogen) atoms. The predicted octanol–water partition coefficient (Wildman–Crippen LogP) is 2.91. The molecule has 0 bridgehead atoms. The summed E-state index contributed by atoms with van der Waals surface area (Å²) >= 11 is 3.64. The summed E-state index contributed by atoms with van der Waals surface area (Å²) in [5, 5.41) is 0. The van der Waals surface area contributed by atoms with Gasteiger partial charge >= 0.3 is 0 Å². The highest BCUT2D eigenvalue weighted by molar-refractivity contribution is 9.10. The topological polar surface area (TPSA) is 44.5 Å². The Bertz CT molecular complexity index is 495. The van der Waals surface area contributed by atoms with Crippen LogP contribution < -0.4 is 15.2 Å². The van der Waals surface area contributed by atoms with E-state index in [1.54, 1.807) is 0 Å². The van der Waals surface area contributed by atoms with Gasteiger partial charge in [0.2, 0.25) is 0 Å². The molecule has 0 aromatic heterocycles. The van der Waals surface area contributed by atoms with E-state index in [0.29, 0.717) is 13.2 Å². The first-order valence-corrected chi connectivity index (χ1v) is 7.20. The fraction of sp³-hybridized carbons (Fsp3) is 0.571. The summed E-state index contributed by atoms with van der Waals surface area (Å²) in [7, 11) is 0. The third-order valence-corrected chi connectivity index (χ3v) is 5.17. The Balaban J connectivity index is 2.14. The molecule has 2 N–H and O–H groups in total. The van der Waals surface area contributed by atoms with Gasteiger partial charge in [-0.05, 0) is 59.8 Å². The first kappa shape index (κ1) is 12.3.